The monoisotopic (exact) mass is 584 g/mol. The van der Waals surface area contributed by atoms with Crippen molar-refractivity contribution in [1.29, 1.82) is 0 Å². The minimum atomic E-state index is -1.93. The van der Waals surface area contributed by atoms with Crippen LogP contribution >= 0.6 is 0 Å². The van der Waals surface area contributed by atoms with E-state index in [9.17, 15) is 8.78 Å². The topological polar surface area (TPSA) is 27.7 Å². The van der Waals surface area contributed by atoms with Gasteiger partial charge in [0.1, 0.15) is 6.10 Å². The van der Waals surface area contributed by atoms with Gasteiger partial charge in [0.15, 0.2) is 20.0 Å². The number of benzene rings is 1. The van der Waals surface area contributed by atoms with Gasteiger partial charge in [0, 0.05) is 6.61 Å². The highest BCUT2D eigenvalue weighted by Gasteiger charge is 2.37. The number of rotatable bonds is 25. The van der Waals surface area contributed by atoms with Crippen LogP contribution in [0.2, 0.25) is 18.1 Å². The maximum absolute atomic E-state index is 13.6. The molecule has 3 nitrogen and oxygen atoms in total. The molecule has 1 aromatic carbocycles. The SMILES string of the molecule is CCCCCCCCCCCCCCCCCCOC[C@H](CO[Si](C)(C)C(C)(C)C)OCc1ccc(F)c(F)c1. The van der Waals surface area contributed by atoms with Gasteiger partial charge in [-0.25, -0.2) is 8.78 Å². The average molecular weight is 585 g/mol. The predicted molar refractivity (Wildman–Crippen MR) is 168 cm³/mol. The third-order valence-electron chi connectivity index (χ3n) is 8.35. The fraction of sp³-hybridized carbons (Fsp3) is 0.824. The Labute approximate surface area is 247 Å². The molecule has 1 rings (SSSR count). The van der Waals surface area contributed by atoms with Crippen LogP contribution in [0.25, 0.3) is 0 Å². The van der Waals surface area contributed by atoms with Gasteiger partial charge in [-0.3, -0.25) is 0 Å². The first-order valence-corrected chi connectivity index (χ1v) is 19.2. The third-order valence-corrected chi connectivity index (χ3v) is 12.9. The molecule has 0 amide bonds. The molecular formula is C34H62F2O3Si. The average Bonchev–Trinajstić information content (AvgIpc) is 2.90. The van der Waals surface area contributed by atoms with Crippen LogP contribution in [-0.4, -0.2) is 34.2 Å². The lowest BCUT2D eigenvalue weighted by atomic mass is 10.0. The van der Waals surface area contributed by atoms with E-state index in [1.165, 1.54) is 102 Å². The van der Waals surface area contributed by atoms with Crippen molar-refractivity contribution in [3.8, 4) is 0 Å². The second-order valence-corrected chi connectivity index (χ2v) is 17.9. The Morgan fingerprint density at radius 2 is 1.20 bits per heavy atom. The van der Waals surface area contributed by atoms with Crippen LogP contribution in [0.3, 0.4) is 0 Å². The first-order valence-electron chi connectivity index (χ1n) is 16.3. The minimum absolute atomic E-state index is 0.103. The Balaban J connectivity index is 2.17. The van der Waals surface area contributed by atoms with Gasteiger partial charge >= 0.3 is 0 Å². The van der Waals surface area contributed by atoms with E-state index in [1.54, 1.807) is 6.07 Å². The molecule has 0 saturated carbocycles. The summed E-state index contributed by atoms with van der Waals surface area (Å²) in [4.78, 5) is 0. The summed E-state index contributed by atoms with van der Waals surface area (Å²) in [5, 5.41) is 0.103. The summed E-state index contributed by atoms with van der Waals surface area (Å²) in [5.41, 5.74) is 0.606. The van der Waals surface area contributed by atoms with E-state index in [-0.39, 0.29) is 17.7 Å². The molecular weight excluding hydrogens is 522 g/mol. The van der Waals surface area contributed by atoms with Crippen LogP contribution in [0.4, 0.5) is 8.78 Å². The summed E-state index contributed by atoms with van der Waals surface area (Å²) < 4.78 is 45.3. The first kappa shape index (κ1) is 37.2. The molecule has 0 heterocycles. The molecule has 0 N–H and O–H groups in total. The van der Waals surface area contributed by atoms with Gasteiger partial charge in [0.25, 0.3) is 0 Å². The van der Waals surface area contributed by atoms with E-state index in [2.05, 4.69) is 40.8 Å². The lowest BCUT2D eigenvalue weighted by Crippen LogP contribution is -2.43. The molecule has 0 saturated heterocycles. The molecule has 0 aromatic heterocycles. The van der Waals surface area contributed by atoms with Gasteiger partial charge in [-0.05, 0) is 42.2 Å². The quantitative estimate of drug-likeness (QED) is 0.0845. The van der Waals surface area contributed by atoms with Gasteiger partial charge in [-0.1, -0.05) is 130 Å². The second kappa shape index (κ2) is 21.8. The molecule has 1 aromatic rings. The summed E-state index contributed by atoms with van der Waals surface area (Å²) >= 11 is 0. The molecule has 0 spiro atoms. The van der Waals surface area contributed by atoms with Crippen molar-refractivity contribution in [2.45, 2.75) is 161 Å². The number of ether oxygens (including phenoxy) is 2. The van der Waals surface area contributed by atoms with Crippen molar-refractivity contribution in [2.75, 3.05) is 19.8 Å². The third kappa shape index (κ3) is 17.9. The Bertz CT molecular complexity index is 751. The molecule has 6 heteroatoms. The molecule has 0 radical (unpaired) electrons. The normalized spacial score (nSPS) is 13.2. The molecule has 0 aliphatic carbocycles. The first-order chi connectivity index (χ1) is 19.1. The van der Waals surface area contributed by atoms with Gasteiger partial charge in [-0.15, -0.1) is 0 Å². The summed E-state index contributed by atoms with van der Waals surface area (Å²) in [6.45, 7) is 15.2. The molecule has 0 fully saturated rings. The molecule has 0 unspecified atom stereocenters. The van der Waals surface area contributed by atoms with Crippen molar-refractivity contribution >= 4 is 8.32 Å². The largest absolute Gasteiger partial charge is 0.414 e. The van der Waals surface area contributed by atoms with E-state index in [1.807, 2.05) is 0 Å². The number of hydrogen-bond donors (Lipinski definition) is 0. The van der Waals surface area contributed by atoms with E-state index in [4.69, 9.17) is 13.9 Å². The molecule has 0 bridgehead atoms. The zero-order valence-corrected chi connectivity index (χ0v) is 27.9. The Morgan fingerprint density at radius 1 is 0.700 bits per heavy atom. The van der Waals surface area contributed by atoms with Crippen LogP contribution in [0.5, 0.6) is 0 Å². The van der Waals surface area contributed by atoms with Crippen LogP contribution in [0.1, 0.15) is 136 Å². The van der Waals surface area contributed by atoms with Crippen molar-refractivity contribution in [1.82, 2.24) is 0 Å². The van der Waals surface area contributed by atoms with E-state index < -0.39 is 20.0 Å². The summed E-state index contributed by atoms with van der Waals surface area (Å²) in [7, 11) is -1.93. The highest BCUT2D eigenvalue weighted by molar-refractivity contribution is 6.74. The molecule has 234 valence electrons. The standard InChI is InChI=1S/C34H62F2O3Si/c1-7-8-9-10-11-12-13-14-15-16-17-18-19-20-21-22-25-37-28-31(29-39-40(5,6)34(2,3)4)38-27-30-23-24-32(35)33(36)26-30/h23-24,26,31H,7-22,25,27-29H2,1-6H3/t31-/m1/s1. The zero-order valence-electron chi connectivity index (χ0n) is 26.9. The van der Waals surface area contributed by atoms with E-state index in [0.29, 0.717) is 25.4 Å². The van der Waals surface area contributed by atoms with Gasteiger partial charge in [-0.2, -0.15) is 0 Å². The lowest BCUT2D eigenvalue weighted by Gasteiger charge is -2.37. The summed E-state index contributed by atoms with van der Waals surface area (Å²) in [5.74, 6) is -1.70. The Hall–Kier alpha value is -0.823. The number of unbranched alkanes of at least 4 members (excludes halogenated alkanes) is 15. The van der Waals surface area contributed by atoms with Crippen LogP contribution < -0.4 is 0 Å². The van der Waals surface area contributed by atoms with Crippen molar-refractivity contribution in [2.24, 2.45) is 0 Å². The summed E-state index contributed by atoms with van der Waals surface area (Å²) in [6.07, 6.45) is 21.4. The highest BCUT2D eigenvalue weighted by atomic mass is 28.4. The van der Waals surface area contributed by atoms with Crippen LogP contribution in [0.15, 0.2) is 18.2 Å². The van der Waals surface area contributed by atoms with Crippen molar-refractivity contribution < 1.29 is 22.7 Å². The molecule has 40 heavy (non-hydrogen) atoms. The molecule has 1 atom stereocenters. The number of hydrogen-bond acceptors (Lipinski definition) is 3. The maximum Gasteiger partial charge on any atom is 0.192 e. The second-order valence-electron chi connectivity index (χ2n) is 13.1. The van der Waals surface area contributed by atoms with Gasteiger partial charge in [0.2, 0.25) is 0 Å². The van der Waals surface area contributed by atoms with Gasteiger partial charge < -0.3 is 13.9 Å². The maximum atomic E-state index is 13.6. The minimum Gasteiger partial charge on any atom is -0.414 e. The summed E-state index contributed by atoms with van der Waals surface area (Å²) in [6, 6.07) is 3.89. The van der Waals surface area contributed by atoms with Gasteiger partial charge in [0.05, 0.1) is 19.8 Å². The fourth-order valence-electron chi connectivity index (χ4n) is 4.47. The fourth-order valence-corrected chi connectivity index (χ4v) is 5.51. The van der Waals surface area contributed by atoms with E-state index in [0.717, 1.165) is 12.5 Å². The van der Waals surface area contributed by atoms with Crippen LogP contribution in [0, 0.1) is 11.6 Å². The molecule has 0 aliphatic heterocycles. The number of halogens is 2. The molecule has 0 aliphatic rings. The Kier molecular flexibility index (Phi) is 20.3. The predicted octanol–water partition coefficient (Wildman–Crippen LogP) is 11.1. The van der Waals surface area contributed by atoms with Crippen molar-refractivity contribution in [3.63, 3.8) is 0 Å². The zero-order chi connectivity index (χ0) is 29.7. The van der Waals surface area contributed by atoms with Crippen LogP contribution in [-0.2, 0) is 20.5 Å². The highest BCUT2D eigenvalue weighted by Crippen LogP contribution is 2.36. The van der Waals surface area contributed by atoms with Crippen molar-refractivity contribution in [3.05, 3.63) is 35.4 Å². The smallest absolute Gasteiger partial charge is 0.192 e. The Morgan fingerprint density at radius 3 is 1.68 bits per heavy atom. The lowest BCUT2D eigenvalue weighted by molar-refractivity contribution is -0.0477. The van der Waals surface area contributed by atoms with E-state index >= 15 is 0 Å².